The summed E-state index contributed by atoms with van der Waals surface area (Å²) < 4.78 is 6.86. The van der Waals surface area contributed by atoms with E-state index in [-0.39, 0.29) is 12.4 Å². The first-order valence-electron chi connectivity index (χ1n) is 5.69. The van der Waals surface area contributed by atoms with Crippen LogP contribution in [0, 0.1) is 6.92 Å². The number of carbonyl (C=O) groups is 1. The lowest BCUT2D eigenvalue weighted by atomic mass is 10.2. The molecule has 17 heavy (non-hydrogen) atoms. The number of imidazole rings is 1. The van der Waals surface area contributed by atoms with Gasteiger partial charge in [-0.25, -0.2) is 4.98 Å². The SMILES string of the molecule is CCOC(=O)Cc1nc2cc(C)ccc2n1C. The zero-order valence-electron chi connectivity index (χ0n) is 10.4. The van der Waals surface area contributed by atoms with E-state index in [1.807, 2.05) is 36.7 Å². The minimum Gasteiger partial charge on any atom is -0.466 e. The minimum atomic E-state index is -0.234. The summed E-state index contributed by atoms with van der Waals surface area (Å²) in [6.45, 7) is 4.23. The zero-order chi connectivity index (χ0) is 12.4. The number of aromatic nitrogens is 2. The molecule has 0 spiro atoms. The number of hydrogen-bond donors (Lipinski definition) is 0. The van der Waals surface area contributed by atoms with Gasteiger partial charge in [0.05, 0.1) is 17.6 Å². The van der Waals surface area contributed by atoms with Crippen molar-refractivity contribution in [1.29, 1.82) is 0 Å². The number of aryl methyl sites for hydroxylation is 2. The average Bonchev–Trinajstić information content (AvgIpc) is 2.55. The molecular formula is C13H16N2O2. The van der Waals surface area contributed by atoms with Gasteiger partial charge >= 0.3 is 5.97 Å². The van der Waals surface area contributed by atoms with Gasteiger partial charge in [0.25, 0.3) is 0 Å². The molecule has 1 heterocycles. The van der Waals surface area contributed by atoms with Gasteiger partial charge in [-0.3, -0.25) is 4.79 Å². The smallest absolute Gasteiger partial charge is 0.313 e. The van der Waals surface area contributed by atoms with Gasteiger partial charge in [-0.15, -0.1) is 0 Å². The summed E-state index contributed by atoms with van der Waals surface area (Å²) in [5.41, 5.74) is 3.12. The van der Waals surface area contributed by atoms with Crippen molar-refractivity contribution in [3.05, 3.63) is 29.6 Å². The maximum atomic E-state index is 11.4. The summed E-state index contributed by atoms with van der Waals surface area (Å²) >= 11 is 0. The van der Waals surface area contributed by atoms with Gasteiger partial charge in [0.1, 0.15) is 12.2 Å². The second-order valence-electron chi connectivity index (χ2n) is 4.06. The van der Waals surface area contributed by atoms with Crippen molar-refractivity contribution in [1.82, 2.24) is 9.55 Å². The number of ether oxygens (including phenoxy) is 1. The van der Waals surface area contributed by atoms with Crippen LogP contribution in [0.4, 0.5) is 0 Å². The topological polar surface area (TPSA) is 44.1 Å². The van der Waals surface area contributed by atoms with Gasteiger partial charge in [0, 0.05) is 7.05 Å². The molecule has 0 aliphatic heterocycles. The Bertz CT molecular complexity index is 558. The number of fused-ring (bicyclic) bond motifs is 1. The van der Waals surface area contributed by atoms with E-state index in [0.29, 0.717) is 6.61 Å². The molecule has 90 valence electrons. The van der Waals surface area contributed by atoms with Gasteiger partial charge in [0.2, 0.25) is 0 Å². The van der Waals surface area contributed by atoms with E-state index in [1.165, 1.54) is 5.56 Å². The van der Waals surface area contributed by atoms with Crippen LogP contribution < -0.4 is 0 Å². The van der Waals surface area contributed by atoms with Gasteiger partial charge < -0.3 is 9.30 Å². The molecule has 0 bridgehead atoms. The van der Waals surface area contributed by atoms with Gasteiger partial charge in [-0.1, -0.05) is 6.07 Å². The molecule has 1 aromatic carbocycles. The Kier molecular flexibility index (Phi) is 3.13. The zero-order valence-corrected chi connectivity index (χ0v) is 10.4. The molecule has 0 fully saturated rings. The van der Waals surface area contributed by atoms with Gasteiger partial charge in [-0.2, -0.15) is 0 Å². The Morgan fingerprint density at radius 2 is 2.24 bits per heavy atom. The third-order valence-electron chi connectivity index (χ3n) is 2.74. The molecule has 0 radical (unpaired) electrons. The highest BCUT2D eigenvalue weighted by Crippen LogP contribution is 2.16. The Balaban J connectivity index is 2.35. The van der Waals surface area contributed by atoms with Crippen molar-refractivity contribution >= 4 is 17.0 Å². The highest BCUT2D eigenvalue weighted by molar-refractivity contribution is 5.79. The summed E-state index contributed by atoms with van der Waals surface area (Å²) in [5, 5.41) is 0. The van der Waals surface area contributed by atoms with E-state index < -0.39 is 0 Å². The molecular weight excluding hydrogens is 216 g/mol. The monoisotopic (exact) mass is 232 g/mol. The van der Waals surface area contributed by atoms with Crippen LogP contribution in [0.3, 0.4) is 0 Å². The number of nitrogens with zero attached hydrogens (tertiary/aromatic N) is 2. The molecule has 0 aliphatic carbocycles. The summed E-state index contributed by atoms with van der Waals surface area (Å²) in [6, 6.07) is 6.08. The molecule has 0 unspecified atom stereocenters. The number of esters is 1. The van der Waals surface area contributed by atoms with Crippen LogP contribution in [0.25, 0.3) is 11.0 Å². The molecule has 0 aliphatic rings. The Morgan fingerprint density at radius 3 is 2.94 bits per heavy atom. The number of carbonyl (C=O) groups excluding carboxylic acids is 1. The molecule has 4 nitrogen and oxygen atoms in total. The van der Waals surface area contributed by atoms with Crippen molar-refractivity contribution in [2.24, 2.45) is 7.05 Å². The molecule has 0 N–H and O–H groups in total. The van der Waals surface area contributed by atoms with Crippen LogP contribution >= 0.6 is 0 Å². The molecule has 2 rings (SSSR count). The number of rotatable bonds is 3. The molecule has 4 heteroatoms. The van der Waals surface area contributed by atoms with Crippen molar-refractivity contribution in [3.63, 3.8) is 0 Å². The van der Waals surface area contributed by atoms with E-state index in [0.717, 1.165) is 16.9 Å². The van der Waals surface area contributed by atoms with Crippen LogP contribution in [0.2, 0.25) is 0 Å². The third-order valence-corrected chi connectivity index (χ3v) is 2.74. The lowest BCUT2D eigenvalue weighted by Gasteiger charge is -2.02. The van der Waals surface area contributed by atoms with Crippen LogP contribution in [0.15, 0.2) is 18.2 Å². The highest BCUT2D eigenvalue weighted by Gasteiger charge is 2.12. The Labute approximate surface area is 100 Å². The van der Waals surface area contributed by atoms with E-state index in [4.69, 9.17) is 4.74 Å². The van der Waals surface area contributed by atoms with Crippen molar-refractivity contribution in [3.8, 4) is 0 Å². The fourth-order valence-electron chi connectivity index (χ4n) is 1.86. The molecule has 0 amide bonds. The predicted octanol–water partition coefficient (Wildman–Crippen LogP) is 1.99. The molecule has 0 atom stereocenters. The standard InChI is InChI=1S/C13H16N2O2/c1-4-17-13(16)8-12-14-10-7-9(2)5-6-11(10)15(12)3/h5-7H,4,8H2,1-3H3. The quantitative estimate of drug-likeness (QED) is 0.760. The highest BCUT2D eigenvalue weighted by atomic mass is 16.5. The summed E-state index contributed by atoms with van der Waals surface area (Å²) in [5.74, 6) is 0.506. The number of benzene rings is 1. The van der Waals surface area contributed by atoms with Crippen LogP contribution in [-0.4, -0.2) is 22.1 Å². The van der Waals surface area contributed by atoms with Crippen molar-refractivity contribution in [2.75, 3.05) is 6.61 Å². The van der Waals surface area contributed by atoms with Crippen LogP contribution in [0.1, 0.15) is 18.3 Å². The normalized spacial score (nSPS) is 10.8. The van der Waals surface area contributed by atoms with Gasteiger partial charge in [0.15, 0.2) is 0 Å². The maximum Gasteiger partial charge on any atom is 0.313 e. The van der Waals surface area contributed by atoms with E-state index in [9.17, 15) is 4.79 Å². The second-order valence-corrected chi connectivity index (χ2v) is 4.06. The lowest BCUT2D eigenvalue weighted by molar-refractivity contribution is -0.142. The summed E-state index contributed by atoms with van der Waals surface area (Å²) in [7, 11) is 1.92. The third kappa shape index (κ3) is 2.30. The van der Waals surface area contributed by atoms with E-state index in [2.05, 4.69) is 4.98 Å². The maximum absolute atomic E-state index is 11.4. The predicted molar refractivity (Wildman–Crippen MR) is 65.8 cm³/mol. The van der Waals surface area contributed by atoms with Gasteiger partial charge in [-0.05, 0) is 31.5 Å². The average molecular weight is 232 g/mol. The van der Waals surface area contributed by atoms with Crippen molar-refractivity contribution in [2.45, 2.75) is 20.3 Å². The Morgan fingerprint density at radius 1 is 1.47 bits per heavy atom. The van der Waals surface area contributed by atoms with Crippen LogP contribution in [-0.2, 0) is 23.0 Å². The van der Waals surface area contributed by atoms with Crippen LogP contribution in [0.5, 0.6) is 0 Å². The lowest BCUT2D eigenvalue weighted by Crippen LogP contribution is -2.11. The Hall–Kier alpha value is -1.84. The largest absolute Gasteiger partial charge is 0.466 e. The second kappa shape index (κ2) is 4.57. The molecule has 0 saturated heterocycles. The van der Waals surface area contributed by atoms with E-state index in [1.54, 1.807) is 6.92 Å². The fraction of sp³-hybridized carbons (Fsp3) is 0.385. The number of hydrogen-bond acceptors (Lipinski definition) is 3. The minimum absolute atomic E-state index is 0.220. The first-order valence-corrected chi connectivity index (χ1v) is 5.69. The fourth-order valence-corrected chi connectivity index (χ4v) is 1.86. The summed E-state index contributed by atoms with van der Waals surface area (Å²) in [6.07, 6.45) is 0.220. The molecule has 2 aromatic rings. The first kappa shape index (κ1) is 11.6. The molecule has 1 aromatic heterocycles. The summed E-state index contributed by atoms with van der Waals surface area (Å²) in [4.78, 5) is 15.9. The molecule has 0 saturated carbocycles. The van der Waals surface area contributed by atoms with Crippen molar-refractivity contribution < 1.29 is 9.53 Å². The first-order chi connectivity index (χ1) is 8.11. The van der Waals surface area contributed by atoms with E-state index >= 15 is 0 Å².